The second-order valence-corrected chi connectivity index (χ2v) is 5.63. The molecule has 2 aliphatic rings. The molecule has 4 nitrogen and oxygen atoms in total. The van der Waals surface area contributed by atoms with Gasteiger partial charge >= 0.3 is 0 Å². The van der Waals surface area contributed by atoms with Crippen molar-refractivity contribution < 1.29 is 18.7 Å². The van der Waals surface area contributed by atoms with Crippen LogP contribution in [-0.2, 0) is 9.47 Å². The zero-order valence-electron chi connectivity index (χ0n) is 11.3. The summed E-state index contributed by atoms with van der Waals surface area (Å²) >= 11 is 0. The summed E-state index contributed by atoms with van der Waals surface area (Å²) in [4.78, 5) is 12.5. The number of hydrogen-bond acceptors (Lipinski definition) is 4. The minimum atomic E-state index is -0.142. The Hall–Kier alpha value is -1.13. The van der Waals surface area contributed by atoms with Crippen LogP contribution in [-0.4, -0.2) is 31.2 Å². The normalized spacial score (nSPS) is 26.5. The van der Waals surface area contributed by atoms with Gasteiger partial charge in [0.05, 0.1) is 11.9 Å². The molecule has 1 spiro atoms. The van der Waals surface area contributed by atoms with Gasteiger partial charge in [0.1, 0.15) is 0 Å². The van der Waals surface area contributed by atoms with Gasteiger partial charge in [-0.3, -0.25) is 4.79 Å². The Morgan fingerprint density at radius 3 is 2.79 bits per heavy atom. The first-order chi connectivity index (χ1) is 9.20. The van der Waals surface area contributed by atoms with Crippen LogP contribution in [0.25, 0.3) is 0 Å². The van der Waals surface area contributed by atoms with Gasteiger partial charge in [-0.2, -0.15) is 0 Å². The zero-order valence-corrected chi connectivity index (χ0v) is 11.3. The molecular weight excluding hydrogens is 244 g/mol. The molecule has 3 heterocycles. The lowest BCUT2D eigenvalue weighted by atomic mass is 9.78. The summed E-state index contributed by atoms with van der Waals surface area (Å²) in [6, 6.07) is 1.84. The van der Waals surface area contributed by atoms with Crippen molar-refractivity contribution in [2.75, 3.05) is 19.8 Å². The second kappa shape index (κ2) is 5.10. The van der Waals surface area contributed by atoms with Crippen LogP contribution in [0.15, 0.2) is 16.7 Å². The molecule has 0 saturated carbocycles. The molecule has 19 heavy (non-hydrogen) atoms. The summed E-state index contributed by atoms with van der Waals surface area (Å²) in [7, 11) is 0. The highest BCUT2D eigenvalue weighted by Gasteiger charge is 2.42. The average Bonchev–Trinajstić information content (AvgIpc) is 2.85. The van der Waals surface area contributed by atoms with E-state index in [-0.39, 0.29) is 17.3 Å². The van der Waals surface area contributed by atoms with E-state index in [1.165, 1.54) is 0 Å². The molecule has 0 bridgehead atoms. The third-order valence-corrected chi connectivity index (χ3v) is 4.35. The van der Waals surface area contributed by atoms with E-state index in [0.717, 1.165) is 44.5 Å². The van der Waals surface area contributed by atoms with Gasteiger partial charge < -0.3 is 13.9 Å². The highest BCUT2D eigenvalue weighted by atomic mass is 16.5. The highest BCUT2D eigenvalue weighted by Crippen LogP contribution is 2.38. The molecule has 0 aromatic carbocycles. The quantitative estimate of drug-likeness (QED) is 0.771. The minimum Gasteiger partial charge on any atom is -0.461 e. The molecule has 4 heteroatoms. The van der Waals surface area contributed by atoms with Crippen LogP contribution >= 0.6 is 0 Å². The second-order valence-electron chi connectivity index (χ2n) is 5.63. The molecule has 1 unspecified atom stereocenters. The Morgan fingerprint density at radius 2 is 2.11 bits per heavy atom. The average molecular weight is 264 g/mol. The number of Topliss-reactive ketones (excluding diaryl/α,β-unsaturated/α-hetero) is 1. The summed E-state index contributed by atoms with van der Waals surface area (Å²) in [6.45, 7) is 4.05. The molecule has 1 aromatic rings. The van der Waals surface area contributed by atoms with Crippen LogP contribution in [0.4, 0.5) is 0 Å². The lowest BCUT2D eigenvalue weighted by molar-refractivity contribution is -0.142. The first-order valence-electron chi connectivity index (χ1n) is 7.00. The zero-order chi connectivity index (χ0) is 13.3. The molecular formula is C15H20O4. The van der Waals surface area contributed by atoms with E-state index < -0.39 is 0 Å². The van der Waals surface area contributed by atoms with Gasteiger partial charge in [0.2, 0.25) is 5.78 Å². The van der Waals surface area contributed by atoms with Crippen LogP contribution in [0.2, 0.25) is 0 Å². The summed E-state index contributed by atoms with van der Waals surface area (Å²) < 4.78 is 16.7. The fourth-order valence-electron chi connectivity index (χ4n) is 3.15. The van der Waals surface area contributed by atoms with Gasteiger partial charge in [-0.05, 0) is 44.2 Å². The third-order valence-electron chi connectivity index (χ3n) is 4.35. The van der Waals surface area contributed by atoms with E-state index in [1.807, 2.05) is 13.0 Å². The van der Waals surface area contributed by atoms with Crippen molar-refractivity contribution in [2.45, 2.75) is 38.2 Å². The maximum atomic E-state index is 12.5. The van der Waals surface area contributed by atoms with E-state index in [9.17, 15) is 4.79 Å². The largest absolute Gasteiger partial charge is 0.461 e. The van der Waals surface area contributed by atoms with E-state index in [2.05, 4.69) is 0 Å². The molecule has 1 atom stereocenters. The molecule has 2 fully saturated rings. The van der Waals surface area contributed by atoms with Gasteiger partial charge in [-0.15, -0.1) is 0 Å². The first kappa shape index (κ1) is 12.9. The van der Waals surface area contributed by atoms with Gasteiger partial charge in [-0.25, -0.2) is 0 Å². The lowest BCUT2D eigenvalue weighted by Gasteiger charge is -2.42. The van der Waals surface area contributed by atoms with Crippen LogP contribution in [0.3, 0.4) is 0 Å². The van der Waals surface area contributed by atoms with Crippen molar-refractivity contribution in [3.63, 3.8) is 0 Å². The topological polar surface area (TPSA) is 48.7 Å². The lowest BCUT2D eigenvalue weighted by Crippen LogP contribution is -2.45. The van der Waals surface area contributed by atoms with Crippen LogP contribution < -0.4 is 0 Å². The number of furan rings is 1. The fraction of sp³-hybridized carbons (Fsp3) is 0.667. The molecule has 0 amide bonds. The van der Waals surface area contributed by atoms with Crippen molar-refractivity contribution in [3.8, 4) is 0 Å². The number of carbonyl (C=O) groups excluding carboxylic acids is 1. The van der Waals surface area contributed by atoms with E-state index >= 15 is 0 Å². The molecule has 1 aromatic heterocycles. The maximum Gasteiger partial charge on any atom is 0.201 e. The van der Waals surface area contributed by atoms with Crippen molar-refractivity contribution >= 4 is 5.78 Å². The number of ether oxygens (including phenoxy) is 2. The van der Waals surface area contributed by atoms with E-state index in [4.69, 9.17) is 13.9 Å². The number of ketones is 1. The third kappa shape index (κ3) is 2.47. The Balaban J connectivity index is 1.74. The SMILES string of the molecule is Cc1ccoc1C(=O)C1CCOC2(CCOCC2)C1. The first-order valence-corrected chi connectivity index (χ1v) is 7.00. The van der Waals surface area contributed by atoms with Crippen molar-refractivity contribution in [2.24, 2.45) is 5.92 Å². The Bertz CT molecular complexity index is 451. The maximum absolute atomic E-state index is 12.5. The molecule has 0 N–H and O–H groups in total. The van der Waals surface area contributed by atoms with Crippen LogP contribution in [0.1, 0.15) is 41.8 Å². The summed E-state index contributed by atoms with van der Waals surface area (Å²) in [5.41, 5.74) is 0.787. The predicted molar refractivity (Wildman–Crippen MR) is 69.2 cm³/mol. The molecule has 104 valence electrons. The van der Waals surface area contributed by atoms with Crippen molar-refractivity contribution in [1.82, 2.24) is 0 Å². The van der Waals surface area contributed by atoms with Gasteiger partial charge in [0, 0.05) is 25.7 Å². The smallest absolute Gasteiger partial charge is 0.201 e. The molecule has 3 rings (SSSR count). The van der Waals surface area contributed by atoms with Gasteiger partial charge in [0.25, 0.3) is 0 Å². The molecule has 0 aliphatic carbocycles. The highest BCUT2D eigenvalue weighted by molar-refractivity contribution is 5.96. The number of hydrogen-bond donors (Lipinski definition) is 0. The Labute approximate surface area is 113 Å². The number of rotatable bonds is 2. The van der Waals surface area contributed by atoms with Crippen LogP contribution in [0.5, 0.6) is 0 Å². The van der Waals surface area contributed by atoms with Crippen LogP contribution in [0, 0.1) is 12.8 Å². The van der Waals surface area contributed by atoms with E-state index in [0.29, 0.717) is 12.4 Å². The molecule has 0 radical (unpaired) electrons. The number of aryl methyl sites for hydroxylation is 1. The van der Waals surface area contributed by atoms with Crippen molar-refractivity contribution in [1.29, 1.82) is 0 Å². The van der Waals surface area contributed by atoms with Gasteiger partial charge in [-0.1, -0.05) is 0 Å². The monoisotopic (exact) mass is 264 g/mol. The van der Waals surface area contributed by atoms with Gasteiger partial charge in [0.15, 0.2) is 5.76 Å². The Kier molecular flexibility index (Phi) is 3.46. The fourth-order valence-corrected chi connectivity index (χ4v) is 3.15. The van der Waals surface area contributed by atoms with Crippen molar-refractivity contribution in [3.05, 3.63) is 23.7 Å². The standard InChI is InChI=1S/C15H20O4/c1-11-2-6-18-14(11)13(16)12-3-7-19-15(10-12)4-8-17-9-5-15/h2,6,12H,3-5,7-10H2,1H3. The molecule has 2 aliphatic heterocycles. The Morgan fingerprint density at radius 1 is 1.32 bits per heavy atom. The molecule has 2 saturated heterocycles. The number of carbonyl (C=O) groups is 1. The summed E-state index contributed by atoms with van der Waals surface area (Å²) in [5.74, 6) is 0.683. The summed E-state index contributed by atoms with van der Waals surface area (Å²) in [5, 5.41) is 0. The summed E-state index contributed by atoms with van der Waals surface area (Å²) in [6.07, 6.45) is 4.98. The van der Waals surface area contributed by atoms with E-state index in [1.54, 1.807) is 6.26 Å². The minimum absolute atomic E-state index is 0.0247. The predicted octanol–water partition coefficient (Wildman–Crippen LogP) is 2.75.